The molecule has 1 heterocycles. The second kappa shape index (κ2) is 5.11. The number of imide groups is 1. The summed E-state index contributed by atoms with van der Waals surface area (Å²) in [5.41, 5.74) is 2.01. The maximum Gasteiger partial charge on any atom is 0.234 e. The lowest BCUT2D eigenvalue weighted by Gasteiger charge is -2.22. The Bertz CT molecular complexity index is 497. The summed E-state index contributed by atoms with van der Waals surface area (Å²) >= 11 is 6.09. The molecule has 1 aromatic rings. The number of benzene rings is 1. The van der Waals surface area contributed by atoms with E-state index < -0.39 is 0 Å². The zero-order valence-corrected chi connectivity index (χ0v) is 11.3. The normalized spacial score (nSPS) is 20.1. The molecule has 2 rings (SSSR count). The van der Waals surface area contributed by atoms with Crippen LogP contribution in [0.1, 0.15) is 49.7 Å². The molecule has 96 valence electrons. The molecular formula is C14H16ClNO2. The minimum absolute atomic E-state index is 0.192. The van der Waals surface area contributed by atoms with Crippen molar-refractivity contribution in [3.05, 3.63) is 34.3 Å². The first-order valence-corrected chi connectivity index (χ1v) is 6.49. The van der Waals surface area contributed by atoms with E-state index in [1.165, 1.54) is 0 Å². The Labute approximate surface area is 112 Å². The van der Waals surface area contributed by atoms with Crippen LogP contribution in [0.5, 0.6) is 0 Å². The first-order valence-electron chi connectivity index (χ1n) is 6.11. The zero-order valence-electron chi connectivity index (χ0n) is 10.5. The fourth-order valence-corrected chi connectivity index (χ4v) is 2.43. The van der Waals surface area contributed by atoms with E-state index >= 15 is 0 Å². The molecule has 3 nitrogen and oxygen atoms in total. The summed E-state index contributed by atoms with van der Waals surface area (Å²) in [6.07, 6.45) is 0.947. The third kappa shape index (κ3) is 2.72. The zero-order chi connectivity index (χ0) is 13.3. The van der Waals surface area contributed by atoms with Gasteiger partial charge in [0.1, 0.15) is 0 Å². The largest absolute Gasteiger partial charge is 0.296 e. The summed E-state index contributed by atoms with van der Waals surface area (Å²) in [6.45, 7) is 4.17. The van der Waals surface area contributed by atoms with Crippen LogP contribution in [0.2, 0.25) is 5.02 Å². The van der Waals surface area contributed by atoms with Crippen LogP contribution in [0, 0.1) is 0 Å². The van der Waals surface area contributed by atoms with Crippen molar-refractivity contribution in [3.8, 4) is 0 Å². The highest BCUT2D eigenvalue weighted by molar-refractivity contribution is 6.30. The predicted octanol–water partition coefficient (Wildman–Crippen LogP) is 2.98. The van der Waals surface area contributed by atoms with Crippen molar-refractivity contribution in [2.75, 3.05) is 0 Å². The van der Waals surface area contributed by atoms with Gasteiger partial charge in [-0.2, -0.15) is 0 Å². The summed E-state index contributed by atoms with van der Waals surface area (Å²) in [7, 11) is 0. The SMILES string of the molecule is CC(C)c1cc(Cl)cc(C2CCC(=O)NC2=O)c1. The Morgan fingerprint density at radius 3 is 2.61 bits per heavy atom. The molecule has 1 aromatic carbocycles. The van der Waals surface area contributed by atoms with Crippen LogP contribution in [-0.4, -0.2) is 11.8 Å². The van der Waals surface area contributed by atoms with Gasteiger partial charge in [0.2, 0.25) is 11.8 Å². The lowest BCUT2D eigenvalue weighted by atomic mass is 9.88. The van der Waals surface area contributed by atoms with Crippen LogP contribution in [0.4, 0.5) is 0 Å². The molecule has 0 radical (unpaired) electrons. The molecule has 0 bridgehead atoms. The van der Waals surface area contributed by atoms with E-state index in [9.17, 15) is 9.59 Å². The first-order chi connectivity index (χ1) is 8.47. The molecule has 1 atom stereocenters. The van der Waals surface area contributed by atoms with Crippen molar-refractivity contribution < 1.29 is 9.59 Å². The third-order valence-corrected chi connectivity index (χ3v) is 3.47. The molecule has 1 N–H and O–H groups in total. The summed E-state index contributed by atoms with van der Waals surface area (Å²) in [5.74, 6) is -0.319. The average molecular weight is 266 g/mol. The molecule has 0 spiro atoms. The van der Waals surface area contributed by atoms with Crippen molar-refractivity contribution in [1.29, 1.82) is 0 Å². The molecular weight excluding hydrogens is 250 g/mol. The van der Waals surface area contributed by atoms with Crippen LogP contribution in [0.15, 0.2) is 18.2 Å². The highest BCUT2D eigenvalue weighted by Crippen LogP contribution is 2.30. The molecule has 0 aromatic heterocycles. The van der Waals surface area contributed by atoms with Gasteiger partial charge in [0.05, 0.1) is 5.92 Å². The Kier molecular flexibility index (Phi) is 3.71. The Morgan fingerprint density at radius 1 is 1.28 bits per heavy atom. The Morgan fingerprint density at radius 2 is 2.00 bits per heavy atom. The summed E-state index contributed by atoms with van der Waals surface area (Å²) in [5, 5.41) is 3.01. The smallest absolute Gasteiger partial charge is 0.234 e. The molecule has 1 fully saturated rings. The van der Waals surface area contributed by atoms with Crippen molar-refractivity contribution in [1.82, 2.24) is 5.32 Å². The molecule has 4 heteroatoms. The van der Waals surface area contributed by atoms with Gasteiger partial charge in [-0.05, 0) is 35.6 Å². The minimum atomic E-state index is -0.265. The lowest BCUT2D eigenvalue weighted by molar-refractivity contribution is -0.134. The molecule has 2 amide bonds. The maximum atomic E-state index is 11.8. The number of hydrogen-bond acceptors (Lipinski definition) is 2. The number of nitrogens with one attached hydrogen (secondary N) is 1. The van der Waals surface area contributed by atoms with Gasteiger partial charge >= 0.3 is 0 Å². The molecule has 18 heavy (non-hydrogen) atoms. The number of halogens is 1. The standard InChI is InChI=1S/C14H16ClNO2/c1-8(2)9-5-10(7-11(15)6-9)12-3-4-13(17)16-14(12)18/h5-8,12H,3-4H2,1-2H3,(H,16,17,18). The van der Waals surface area contributed by atoms with Crippen LogP contribution < -0.4 is 5.32 Å². The van der Waals surface area contributed by atoms with Crippen LogP contribution in [-0.2, 0) is 9.59 Å². The monoisotopic (exact) mass is 265 g/mol. The molecule has 1 saturated heterocycles. The van der Waals surface area contributed by atoms with E-state index in [1.54, 1.807) is 0 Å². The number of carbonyl (C=O) groups excluding carboxylic acids is 2. The van der Waals surface area contributed by atoms with Gasteiger partial charge in [-0.15, -0.1) is 0 Å². The lowest BCUT2D eigenvalue weighted by Crippen LogP contribution is -2.39. The van der Waals surface area contributed by atoms with Gasteiger partial charge in [-0.3, -0.25) is 14.9 Å². The number of rotatable bonds is 2. The van der Waals surface area contributed by atoms with Crippen LogP contribution >= 0.6 is 11.6 Å². The quantitative estimate of drug-likeness (QED) is 0.836. The summed E-state index contributed by atoms with van der Waals surface area (Å²) < 4.78 is 0. The fourth-order valence-electron chi connectivity index (χ4n) is 2.18. The molecule has 0 saturated carbocycles. The number of hydrogen-bond donors (Lipinski definition) is 1. The second-order valence-electron chi connectivity index (χ2n) is 4.98. The third-order valence-electron chi connectivity index (χ3n) is 3.25. The van der Waals surface area contributed by atoms with Gasteiger partial charge in [0.15, 0.2) is 0 Å². The summed E-state index contributed by atoms with van der Waals surface area (Å²) in [4.78, 5) is 23.0. The molecule has 1 aliphatic rings. The molecule has 0 aliphatic carbocycles. The van der Waals surface area contributed by atoms with Crippen molar-refractivity contribution >= 4 is 23.4 Å². The Balaban J connectivity index is 2.33. The highest BCUT2D eigenvalue weighted by Gasteiger charge is 2.28. The van der Waals surface area contributed by atoms with E-state index in [2.05, 4.69) is 19.2 Å². The van der Waals surface area contributed by atoms with Crippen molar-refractivity contribution in [2.24, 2.45) is 0 Å². The Hall–Kier alpha value is -1.35. The topological polar surface area (TPSA) is 46.2 Å². The van der Waals surface area contributed by atoms with E-state index in [1.807, 2.05) is 18.2 Å². The molecule has 1 unspecified atom stereocenters. The van der Waals surface area contributed by atoms with E-state index in [4.69, 9.17) is 11.6 Å². The predicted molar refractivity (Wildman–Crippen MR) is 70.7 cm³/mol. The van der Waals surface area contributed by atoms with Crippen molar-refractivity contribution in [3.63, 3.8) is 0 Å². The fraction of sp³-hybridized carbons (Fsp3) is 0.429. The van der Waals surface area contributed by atoms with Gasteiger partial charge in [-0.1, -0.05) is 31.5 Å². The van der Waals surface area contributed by atoms with Gasteiger partial charge in [-0.25, -0.2) is 0 Å². The van der Waals surface area contributed by atoms with E-state index in [0.29, 0.717) is 23.8 Å². The van der Waals surface area contributed by atoms with Crippen LogP contribution in [0.3, 0.4) is 0 Å². The highest BCUT2D eigenvalue weighted by atomic mass is 35.5. The number of carbonyl (C=O) groups is 2. The van der Waals surface area contributed by atoms with Crippen molar-refractivity contribution in [2.45, 2.75) is 38.5 Å². The van der Waals surface area contributed by atoms with Gasteiger partial charge in [0, 0.05) is 11.4 Å². The minimum Gasteiger partial charge on any atom is -0.296 e. The van der Waals surface area contributed by atoms with Gasteiger partial charge in [0.25, 0.3) is 0 Å². The second-order valence-corrected chi connectivity index (χ2v) is 5.41. The number of amides is 2. The van der Waals surface area contributed by atoms with Gasteiger partial charge < -0.3 is 0 Å². The maximum absolute atomic E-state index is 11.8. The van der Waals surface area contributed by atoms with Crippen LogP contribution in [0.25, 0.3) is 0 Å². The molecule has 1 aliphatic heterocycles. The number of piperidine rings is 1. The first kappa shape index (κ1) is 13.1. The average Bonchev–Trinajstić information content (AvgIpc) is 2.27. The van der Waals surface area contributed by atoms with E-state index in [-0.39, 0.29) is 17.7 Å². The summed E-state index contributed by atoms with van der Waals surface area (Å²) in [6, 6.07) is 5.74. The van der Waals surface area contributed by atoms with E-state index in [0.717, 1.165) is 11.1 Å².